The van der Waals surface area contributed by atoms with Gasteiger partial charge in [0.25, 0.3) is 0 Å². The van der Waals surface area contributed by atoms with Crippen molar-refractivity contribution in [1.82, 2.24) is 9.97 Å². The minimum atomic E-state index is 0.0329. The molecular formula is C24H33N3O3. The summed E-state index contributed by atoms with van der Waals surface area (Å²) in [7, 11) is 0. The summed E-state index contributed by atoms with van der Waals surface area (Å²) >= 11 is 0. The minimum Gasteiger partial charge on any atom is -0.491 e. The Morgan fingerprint density at radius 3 is 2.50 bits per heavy atom. The van der Waals surface area contributed by atoms with Crippen LogP contribution in [0.5, 0.6) is 11.6 Å². The minimum absolute atomic E-state index is 0.0329. The molecule has 162 valence electrons. The van der Waals surface area contributed by atoms with E-state index in [9.17, 15) is 0 Å². The summed E-state index contributed by atoms with van der Waals surface area (Å²) in [6.45, 7) is 7.71. The van der Waals surface area contributed by atoms with Crippen LogP contribution < -0.4 is 14.8 Å². The van der Waals surface area contributed by atoms with Crippen LogP contribution >= 0.6 is 0 Å². The van der Waals surface area contributed by atoms with Crippen LogP contribution in [-0.2, 0) is 4.74 Å². The molecule has 2 heterocycles. The third kappa shape index (κ3) is 5.42. The zero-order chi connectivity index (χ0) is 20.9. The highest BCUT2D eigenvalue weighted by atomic mass is 16.5. The standard InChI is InChI=1S/C24H33N3O3/c1-16(2)29-20-10-6-18(7-11-20)22-14-25-24(26-19-8-4-17(3)5-9-19)27-23(22)30-21-12-13-28-15-21/h6-7,10-11,14,16-17,19,21H,4-5,8-9,12-13,15H2,1-3H3,(H,25,26,27)/t17?,19?,21-/m1/s1. The molecule has 0 bridgehead atoms. The largest absolute Gasteiger partial charge is 0.491 e. The summed E-state index contributed by atoms with van der Waals surface area (Å²) in [4.78, 5) is 9.37. The predicted octanol–water partition coefficient (Wildman–Crippen LogP) is 5.09. The molecule has 0 spiro atoms. The maximum Gasteiger partial charge on any atom is 0.226 e. The number of hydrogen-bond acceptors (Lipinski definition) is 6. The van der Waals surface area contributed by atoms with Gasteiger partial charge in [0, 0.05) is 18.7 Å². The molecule has 6 heteroatoms. The zero-order valence-corrected chi connectivity index (χ0v) is 18.3. The van der Waals surface area contributed by atoms with E-state index in [0.29, 0.717) is 24.5 Å². The molecule has 0 amide bonds. The van der Waals surface area contributed by atoms with Crippen molar-refractivity contribution in [2.24, 2.45) is 5.92 Å². The van der Waals surface area contributed by atoms with Crippen molar-refractivity contribution >= 4 is 5.95 Å². The Kier molecular flexibility index (Phi) is 6.72. The van der Waals surface area contributed by atoms with E-state index in [2.05, 4.69) is 17.2 Å². The van der Waals surface area contributed by atoms with Gasteiger partial charge in [0.2, 0.25) is 11.8 Å². The van der Waals surface area contributed by atoms with Crippen molar-refractivity contribution in [2.45, 2.75) is 71.1 Å². The van der Waals surface area contributed by atoms with E-state index >= 15 is 0 Å². The van der Waals surface area contributed by atoms with Crippen LogP contribution in [0.15, 0.2) is 30.5 Å². The van der Waals surface area contributed by atoms with Crippen molar-refractivity contribution in [3.63, 3.8) is 0 Å². The number of anilines is 1. The van der Waals surface area contributed by atoms with Gasteiger partial charge < -0.3 is 19.5 Å². The molecule has 1 aromatic carbocycles. The van der Waals surface area contributed by atoms with Crippen LogP contribution in [0.1, 0.15) is 52.9 Å². The highest BCUT2D eigenvalue weighted by Gasteiger charge is 2.23. The van der Waals surface area contributed by atoms with Crippen LogP contribution in [0, 0.1) is 5.92 Å². The summed E-state index contributed by atoms with van der Waals surface area (Å²) in [6, 6.07) is 8.45. The zero-order valence-electron chi connectivity index (χ0n) is 18.3. The molecule has 2 fully saturated rings. The van der Waals surface area contributed by atoms with Gasteiger partial charge in [-0.05, 0) is 63.1 Å². The van der Waals surface area contributed by atoms with Crippen LogP contribution in [0.4, 0.5) is 5.95 Å². The maximum atomic E-state index is 6.26. The first-order valence-electron chi connectivity index (χ1n) is 11.2. The summed E-state index contributed by atoms with van der Waals surface area (Å²) < 4.78 is 17.5. The lowest BCUT2D eigenvalue weighted by molar-refractivity contribution is 0.138. The molecule has 1 aliphatic carbocycles. The number of nitrogens with one attached hydrogen (secondary N) is 1. The van der Waals surface area contributed by atoms with Gasteiger partial charge in [0.1, 0.15) is 11.9 Å². The molecule has 1 saturated carbocycles. The van der Waals surface area contributed by atoms with Crippen LogP contribution in [0.2, 0.25) is 0 Å². The second-order valence-corrected chi connectivity index (χ2v) is 8.81. The Bertz CT molecular complexity index is 811. The fourth-order valence-electron chi connectivity index (χ4n) is 4.06. The van der Waals surface area contributed by atoms with E-state index in [0.717, 1.165) is 48.7 Å². The monoisotopic (exact) mass is 411 g/mol. The SMILES string of the molecule is CC1CCC(Nc2ncc(-c3ccc(OC(C)C)cc3)c(O[C@@H]3CCOC3)n2)CC1. The van der Waals surface area contributed by atoms with Crippen molar-refractivity contribution in [2.75, 3.05) is 18.5 Å². The average molecular weight is 412 g/mol. The second-order valence-electron chi connectivity index (χ2n) is 8.81. The van der Waals surface area contributed by atoms with E-state index in [1.807, 2.05) is 44.3 Å². The lowest BCUT2D eigenvalue weighted by atomic mass is 9.87. The van der Waals surface area contributed by atoms with E-state index in [-0.39, 0.29) is 12.2 Å². The Balaban J connectivity index is 1.55. The number of rotatable bonds is 7. The Morgan fingerprint density at radius 1 is 1.07 bits per heavy atom. The molecule has 1 saturated heterocycles. The normalized spacial score (nSPS) is 24.1. The Labute approximate surface area is 179 Å². The summed E-state index contributed by atoms with van der Waals surface area (Å²) in [5.74, 6) is 2.93. The first-order valence-corrected chi connectivity index (χ1v) is 11.2. The third-order valence-electron chi connectivity index (χ3n) is 5.81. The molecule has 2 aliphatic rings. The van der Waals surface area contributed by atoms with Gasteiger partial charge in [0.15, 0.2) is 0 Å². The quantitative estimate of drug-likeness (QED) is 0.685. The first-order chi connectivity index (χ1) is 14.6. The van der Waals surface area contributed by atoms with Crippen molar-refractivity contribution < 1.29 is 14.2 Å². The van der Waals surface area contributed by atoms with Crippen LogP contribution in [0.3, 0.4) is 0 Å². The van der Waals surface area contributed by atoms with Gasteiger partial charge in [-0.2, -0.15) is 4.98 Å². The molecule has 1 N–H and O–H groups in total. The van der Waals surface area contributed by atoms with Crippen molar-refractivity contribution in [3.05, 3.63) is 30.5 Å². The van der Waals surface area contributed by atoms with Gasteiger partial charge in [-0.15, -0.1) is 0 Å². The van der Waals surface area contributed by atoms with E-state index < -0.39 is 0 Å². The highest BCUT2D eigenvalue weighted by molar-refractivity contribution is 5.69. The molecule has 30 heavy (non-hydrogen) atoms. The predicted molar refractivity (Wildman–Crippen MR) is 118 cm³/mol. The summed E-state index contributed by atoms with van der Waals surface area (Å²) in [5.41, 5.74) is 1.90. The van der Waals surface area contributed by atoms with E-state index in [1.165, 1.54) is 12.8 Å². The first kappa shape index (κ1) is 20.9. The fraction of sp³-hybridized carbons (Fsp3) is 0.583. The summed E-state index contributed by atoms with van der Waals surface area (Å²) in [5, 5.41) is 3.52. The lowest BCUT2D eigenvalue weighted by Crippen LogP contribution is -2.26. The smallest absolute Gasteiger partial charge is 0.226 e. The van der Waals surface area contributed by atoms with Gasteiger partial charge in [-0.25, -0.2) is 4.98 Å². The molecule has 1 aromatic heterocycles. The van der Waals surface area contributed by atoms with E-state index in [1.54, 1.807) is 0 Å². The molecular weight excluding hydrogens is 378 g/mol. The topological polar surface area (TPSA) is 65.5 Å². The molecule has 0 unspecified atom stereocenters. The average Bonchev–Trinajstić information content (AvgIpc) is 3.23. The highest BCUT2D eigenvalue weighted by Crippen LogP contribution is 2.32. The fourth-order valence-corrected chi connectivity index (χ4v) is 4.06. The van der Waals surface area contributed by atoms with Crippen molar-refractivity contribution in [3.8, 4) is 22.8 Å². The van der Waals surface area contributed by atoms with Crippen LogP contribution in [-0.4, -0.2) is 41.4 Å². The van der Waals surface area contributed by atoms with Crippen molar-refractivity contribution in [1.29, 1.82) is 0 Å². The van der Waals surface area contributed by atoms with Gasteiger partial charge in [-0.1, -0.05) is 19.1 Å². The van der Waals surface area contributed by atoms with E-state index in [4.69, 9.17) is 19.2 Å². The number of nitrogens with zero attached hydrogens (tertiary/aromatic N) is 2. The number of benzene rings is 1. The maximum absolute atomic E-state index is 6.26. The molecule has 0 radical (unpaired) electrons. The number of ether oxygens (including phenoxy) is 3. The molecule has 4 rings (SSSR count). The molecule has 6 nitrogen and oxygen atoms in total. The number of aromatic nitrogens is 2. The molecule has 1 atom stereocenters. The van der Waals surface area contributed by atoms with Crippen LogP contribution in [0.25, 0.3) is 11.1 Å². The van der Waals surface area contributed by atoms with Gasteiger partial charge in [0.05, 0.1) is 24.9 Å². The lowest BCUT2D eigenvalue weighted by Gasteiger charge is -2.27. The number of hydrogen-bond donors (Lipinski definition) is 1. The Hall–Kier alpha value is -2.34. The van der Waals surface area contributed by atoms with Gasteiger partial charge >= 0.3 is 0 Å². The second kappa shape index (κ2) is 9.65. The summed E-state index contributed by atoms with van der Waals surface area (Å²) in [6.07, 6.45) is 7.76. The third-order valence-corrected chi connectivity index (χ3v) is 5.81. The Morgan fingerprint density at radius 2 is 1.83 bits per heavy atom. The molecule has 2 aromatic rings. The molecule has 1 aliphatic heterocycles. The van der Waals surface area contributed by atoms with Gasteiger partial charge in [-0.3, -0.25) is 0 Å².